The van der Waals surface area contributed by atoms with Crippen molar-refractivity contribution < 1.29 is 4.79 Å². The molecule has 1 aromatic rings. The molecule has 0 bridgehead atoms. The molecule has 1 N–H and O–H groups in total. The van der Waals surface area contributed by atoms with Gasteiger partial charge in [-0.1, -0.05) is 12.1 Å². The summed E-state index contributed by atoms with van der Waals surface area (Å²) >= 11 is 0. The Kier molecular flexibility index (Phi) is 3.32. The van der Waals surface area contributed by atoms with Crippen molar-refractivity contribution in [3.8, 4) is 0 Å². The van der Waals surface area contributed by atoms with E-state index >= 15 is 0 Å². The highest BCUT2D eigenvalue weighted by atomic mass is 16.2. The summed E-state index contributed by atoms with van der Waals surface area (Å²) in [5, 5.41) is 3.06. The summed E-state index contributed by atoms with van der Waals surface area (Å²) in [5.74, 6) is 0. The van der Waals surface area contributed by atoms with Crippen LogP contribution in [0.25, 0.3) is 0 Å². The highest BCUT2D eigenvalue weighted by Gasteiger charge is 2.27. The third-order valence-electron chi connectivity index (χ3n) is 3.84. The van der Waals surface area contributed by atoms with Crippen LogP contribution in [0.2, 0.25) is 0 Å². The van der Waals surface area contributed by atoms with E-state index in [0.717, 1.165) is 39.0 Å². The van der Waals surface area contributed by atoms with Gasteiger partial charge in [0.05, 0.1) is 0 Å². The molecule has 0 unspecified atom stereocenters. The first-order valence-corrected chi connectivity index (χ1v) is 7.09. The molecule has 1 saturated carbocycles. The van der Waals surface area contributed by atoms with E-state index in [2.05, 4.69) is 41.4 Å². The van der Waals surface area contributed by atoms with Gasteiger partial charge in [-0.2, -0.15) is 0 Å². The number of anilines is 1. The maximum Gasteiger partial charge on any atom is 0.317 e. The van der Waals surface area contributed by atoms with Gasteiger partial charge in [-0.25, -0.2) is 4.79 Å². The predicted molar refractivity (Wildman–Crippen MR) is 76.5 cm³/mol. The summed E-state index contributed by atoms with van der Waals surface area (Å²) in [6.45, 7) is 5.57. The van der Waals surface area contributed by atoms with E-state index < -0.39 is 0 Å². The van der Waals surface area contributed by atoms with E-state index in [9.17, 15) is 4.79 Å². The van der Waals surface area contributed by atoms with E-state index in [0.29, 0.717) is 6.04 Å². The van der Waals surface area contributed by atoms with Gasteiger partial charge in [0.2, 0.25) is 0 Å². The van der Waals surface area contributed by atoms with Crippen molar-refractivity contribution in [1.29, 1.82) is 0 Å². The van der Waals surface area contributed by atoms with Crippen LogP contribution < -0.4 is 10.2 Å². The van der Waals surface area contributed by atoms with Crippen molar-refractivity contribution >= 4 is 11.7 Å². The lowest BCUT2D eigenvalue weighted by atomic mass is 10.2. The minimum Gasteiger partial charge on any atom is -0.368 e. The van der Waals surface area contributed by atoms with Crippen LogP contribution in [0.5, 0.6) is 0 Å². The largest absolute Gasteiger partial charge is 0.368 e. The van der Waals surface area contributed by atoms with Gasteiger partial charge in [0, 0.05) is 37.9 Å². The fraction of sp³-hybridized carbons (Fsp3) is 0.533. The standard InChI is InChI=1S/C15H21N3O/c1-12-3-2-4-14(11-12)17-7-9-18(10-8-17)15(19)16-13-5-6-13/h2-4,11,13H,5-10H2,1H3,(H,16,19). The lowest BCUT2D eigenvalue weighted by Crippen LogP contribution is -2.52. The Bertz CT molecular complexity index is 462. The molecule has 1 aromatic carbocycles. The number of hydrogen-bond donors (Lipinski definition) is 1. The molecule has 4 nitrogen and oxygen atoms in total. The van der Waals surface area contributed by atoms with Crippen LogP contribution in [0.4, 0.5) is 10.5 Å². The molecule has 0 spiro atoms. The minimum absolute atomic E-state index is 0.117. The number of amides is 2. The lowest BCUT2D eigenvalue weighted by molar-refractivity contribution is 0.194. The Morgan fingerprint density at radius 3 is 2.58 bits per heavy atom. The Hall–Kier alpha value is -1.71. The van der Waals surface area contributed by atoms with Crippen molar-refractivity contribution in [2.75, 3.05) is 31.1 Å². The van der Waals surface area contributed by atoms with E-state index in [4.69, 9.17) is 0 Å². The number of nitrogens with zero attached hydrogens (tertiary/aromatic N) is 2. The van der Waals surface area contributed by atoms with Crippen molar-refractivity contribution in [2.45, 2.75) is 25.8 Å². The summed E-state index contributed by atoms with van der Waals surface area (Å²) in [7, 11) is 0. The van der Waals surface area contributed by atoms with Gasteiger partial charge < -0.3 is 15.1 Å². The van der Waals surface area contributed by atoms with E-state index in [-0.39, 0.29) is 6.03 Å². The number of rotatable bonds is 2. The first-order valence-electron chi connectivity index (χ1n) is 7.09. The number of carbonyl (C=O) groups excluding carboxylic acids is 1. The molecular weight excluding hydrogens is 238 g/mol. The Labute approximate surface area is 114 Å². The predicted octanol–water partition coefficient (Wildman–Crippen LogP) is 1.99. The molecule has 2 aliphatic rings. The monoisotopic (exact) mass is 259 g/mol. The average molecular weight is 259 g/mol. The number of urea groups is 1. The molecule has 4 heteroatoms. The van der Waals surface area contributed by atoms with E-state index in [1.807, 2.05) is 4.90 Å². The normalized spacial score (nSPS) is 19.4. The quantitative estimate of drug-likeness (QED) is 0.881. The highest BCUT2D eigenvalue weighted by molar-refractivity contribution is 5.75. The van der Waals surface area contributed by atoms with Crippen LogP contribution in [0, 0.1) is 6.92 Å². The van der Waals surface area contributed by atoms with Gasteiger partial charge in [0.25, 0.3) is 0 Å². The smallest absolute Gasteiger partial charge is 0.317 e. The molecule has 102 valence electrons. The van der Waals surface area contributed by atoms with Crippen LogP contribution in [0.3, 0.4) is 0 Å². The second kappa shape index (κ2) is 5.11. The molecule has 1 saturated heterocycles. The second-order valence-electron chi connectivity index (χ2n) is 5.54. The molecule has 1 aliphatic carbocycles. The average Bonchev–Trinajstić information content (AvgIpc) is 3.23. The van der Waals surface area contributed by atoms with Gasteiger partial charge in [0.15, 0.2) is 0 Å². The molecule has 2 fully saturated rings. The number of benzene rings is 1. The first kappa shape index (κ1) is 12.3. The maximum atomic E-state index is 11.9. The molecule has 0 aromatic heterocycles. The van der Waals surface area contributed by atoms with E-state index in [1.54, 1.807) is 0 Å². The summed E-state index contributed by atoms with van der Waals surface area (Å²) in [4.78, 5) is 16.2. The molecule has 0 atom stereocenters. The van der Waals surface area contributed by atoms with Crippen molar-refractivity contribution in [2.24, 2.45) is 0 Å². The van der Waals surface area contributed by atoms with Crippen LogP contribution in [-0.2, 0) is 0 Å². The summed E-state index contributed by atoms with van der Waals surface area (Å²) in [6.07, 6.45) is 2.30. The SMILES string of the molecule is Cc1cccc(N2CCN(C(=O)NC3CC3)CC2)c1. The molecule has 0 radical (unpaired) electrons. The third-order valence-corrected chi connectivity index (χ3v) is 3.84. The summed E-state index contributed by atoms with van der Waals surface area (Å²) in [5.41, 5.74) is 2.55. The number of aryl methyl sites for hydroxylation is 1. The van der Waals surface area contributed by atoms with Crippen LogP contribution in [-0.4, -0.2) is 43.2 Å². The van der Waals surface area contributed by atoms with Crippen molar-refractivity contribution in [3.63, 3.8) is 0 Å². The fourth-order valence-corrected chi connectivity index (χ4v) is 2.49. The fourth-order valence-electron chi connectivity index (χ4n) is 2.49. The third kappa shape index (κ3) is 3.00. The second-order valence-corrected chi connectivity index (χ2v) is 5.54. The molecule has 2 amide bonds. The van der Waals surface area contributed by atoms with Crippen LogP contribution >= 0.6 is 0 Å². The number of piperazine rings is 1. The molecule has 1 heterocycles. The molecule has 3 rings (SSSR count). The van der Waals surface area contributed by atoms with Gasteiger partial charge in [-0.15, -0.1) is 0 Å². The van der Waals surface area contributed by atoms with Crippen LogP contribution in [0.1, 0.15) is 18.4 Å². The Balaban J connectivity index is 1.55. The minimum atomic E-state index is 0.117. The zero-order chi connectivity index (χ0) is 13.2. The zero-order valence-corrected chi connectivity index (χ0v) is 11.4. The molecule has 1 aliphatic heterocycles. The van der Waals surface area contributed by atoms with Gasteiger partial charge in [-0.3, -0.25) is 0 Å². The summed E-state index contributed by atoms with van der Waals surface area (Å²) in [6, 6.07) is 9.13. The first-order chi connectivity index (χ1) is 9.22. The van der Waals surface area contributed by atoms with Gasteiger partial charge in [0.1, 0.15) is 0 Å². The molecule has 19 heavy (non-hydrogen) atoms. The zero-order valence-electron chi connectivity index (χ0n) is 11.4. The topological polar surface area (TPSA) is 35.6 Å². The van der Waals surface area contributed by atoms with E-state index in [1.165, 1.54) is 11.3 Å². The van der Waals surface area contributed by atoms with Gasteiger partial charge in [-0.05, 0) is 37.5 Å². The Morgan fingerprint density at radius 1 is 1.21 bits per heavy atom. The van der Waals surface area contributed by atoms with Gasteiger partial charge >= 0.3 is 6.03 Å². The summed E-state index contributed by atoms with van der Waals surface area (Å²) < 4.78 is 0. The maximum absolute atomic E-state index is 11.9. The number of hydrogen-bond acceptors (Lipinski definition) is 2. The van der Waals surface area contributed by atoms with Crippen LogP contribution in [0.15, 0.2) is 24.3 Å². The highest BCUT2D eigenvalue weighted by Crippen LogP contribution is 2.20. The van der Waals surface area contributed by atoms with Crippen molar-refractivity contribution in [3.05, 3.63) is 29.8 Å². The lowest BCUT2D eigenvalue weighted by Gasteiger charge is -2.36. The Morgan fingerprint density at radius 2 is 1.95 bits per heavy atom. The van der Waals surface area contributed by atoms with Crippen molar-refractivity contribution in [1.82, 2.24) is 10.2 Å². The molecular formula is C15H21N3O. The number of nitrogens with one attached hydrogen (secondary N) is 1. The number of carbonyl (C=O) groups is 1.